The third-order valence-corrected chi connectivity index (χ3v) is 3.61. The molecule has 2 rings (SSSR count). The van der Waals surface area contributed by atoms with Crippen LogP contribution in [0.3, 0.4) is 0 Å². The molecule has 19 heavy (non-hydrogen) atoms. The standard InChI is InChI=1S/C10H11N3O5S/c1-2-6-5-11-12-9(6)13-19(16,17)8-4-3-7(18-8)10(14)15/h3-5H,2H2,1H3,(H,14,15)(H2,11,12,13). The van der Waals surface area contributed by atoms with Crippen LogP contribution in [0.2, 0.25) is 0 Å². The molecular weight excluding hydrogens is 274 g/mol. The zero-order chi connectivity index (χ0) is 14.0. The van der Waals surface area contributed by atoms with E-state index in [1.165, 1.54) is 6.20 Å². The molecule has 0 amide bonds. The smallest absolute Gasteiger partial charge is 0.371 e. The van der Waals surface area contributed by atoms with Gasteiger partial charge in [0.2, 0.25) is 10.9 Å². The molecule has 9 heteroatoms. The number of hydrogen-bond acceptors (Lipinski definition) is 5. The van der Waals surface area contributed by atoms with E-state index in [0.717, 1.165) is 12.1 Å². The van der Waals surface area contributed by atoms with Gasteiger partial charge in [-0.3, -0.25) is 9.82 Å². The summed E-state index contributed by atoms with van der Waals surface area (Å²) in [5.74, 6) is -1.55. The topological polar surface area (TPSA) is 125 Å². The Hall–Kier alpha value is -2.29. The van der Waals surface area contributed by atoms with E-state index in [2.05, 4.69) is 14.9 Å². The summed E-state index contributed by atoms with van der Waals surface area (Å²) >= 11 is 0. The molecule has 0 spiro atoms. The molecule has 0 saturated heterocycles. The number of rotatable bonds is 5. The first-order chi connectivity index (χ1) is 8.94. The van der Waals surface area contributed by atoms with Crippen molar-refractivity contribution in [1.82, 2.24) is 10.2 Å². The molecule has 0 bridgehead atoms. The van der Waals surface area contributed by atoms with Crippen LogP contribution in [0.4, 0.5) is 5.82 Å². The monoisotopic (exact) mass is 285 g/mol. The highest BCUT2D eigenvalue weighted by Crippen LogP contribution is 2.19. The van der Waals surface area contributed by atoms with E-state index in [4.69, 9.17) is 9.52 Å². The van der Waals surface area contributed by atoms with E-state index in [9.17, 15) is 13.2 Å². The summed E-state index contributed by atoms with van der Waals surface area (Å²) in [5, 5.41) is 14.4. The summed E-state index contributed by atoms with van der Waals surface area (Å²) in [7, 11) is -3.98. The van der Waals surface area contributed by atoms with E-state index in [-0.39, 0.29) is 5.82 Å². The molecule has 2 aromatic rings. The molecule has 0 aliphatic carbocycles. The van der Waals surface area contributed by atoms with Gasteiger partial charge in [-0.05, 0) is 18.6 Å². The third kappa shape index (κ3) is 2.60. The molecule has 0 aromatic carbocycles. The average molecular weight is 285 g/mol. The summed E-state index contributed by atoms with van der Waals surface area (Å²) in [6, 6.07) is 2.15. The molecule has 2 aromatic heterocycles. The van der Waals surface area contributed by atoms with Crippen LogP contribution in [0.25, 0.3) is 0 Å². The summed E-state index contributed by atoms with van der Waals surface area (Å²) < 4.78 is 30.9. The first kappa shape index (κ1) is 13.1. The summed E-state index contributed by atoms with van der Waals surface area (Å²) in [5.41, 5.74) is 0.689. The second kappa shape index (κ2) is 4.76. The average Bonchev–Trinajstić information content (AvgIpc) is 2.95. The lowest BCUT2D eigenvalue weighted by molar-refractivity contribution is 0.0656. The molecule has 0 fully saturated rings. The predicted octanol–water partition coefficient (Wildman–Crippen LogP) is 1.06. The number of aromatic amines is 1. The highest BCUT2D eigenvalue weighted by Gasteiger charge is 2.22. The van der Waals surface area contributed by atoms with Crippen LogP contribution in [0, 0.1) is 0 Å². The Bertz CT molecular complexity index is 700. The number of nitrogens with one attached hydrogen (secondary N) is 2. The van der Waals surface area contributed by atoms with Gasteiger partial charge in [0.05, 0.1) is 6.20 Å². The van der Waals surface area contributed by atoms with Gasteiger partial charge in [-0.25, -0.2) is 4.79 Å². The Morgan fingerprint density at radius 2 is 2.26 bits per heavy atom. The number of nitrogens with zero attached hydrogens (tertiary/aromatic N) is 1. The van der Waals surface area contributed by atoms with E-state index < -0.39 is 26.8 Å². The molecule has 0 saturated carbocycles. The first-order valence-electron chi connectivity index (χ1n) is 5.32. The minimum absolute atomic E-state index is 0.232. The van der Waals surface area contributed by atoms with Crippen molar-refractivity contribution in [1.29, 1.82) is 0 Å². The maximum atomic E-state index is 12.0. The number of anilines is 1. The van der Waals surface area contributed by atoms with Crippen molar-refractivity contribution in [2.75, 3.05) is 4.72 Å². The zero-order valence-electron chi connectivity index (χ0n) is 9.87. The van der Waals surface area contributed by atoms with E-state index in [1.54, 1.807) is 0 Å². The Balaban J connectivity index is 2.29. The fourth-order valence-electron chi connectivity index (χ4n) is 1.43. The van der Waals surface area contributed by atoms with E-state index in [1.807, 2.05) is 6.92 Å². The van der Waals surface area contributed by atoms with Gasteiger partial charge in [0.1, 0.15) is 5.82 Å². The van der Waals surface area contributed by atoms with Crippen LogP contribution in [-0.4, -0.2) is 29.7 Å². The van der Waals surface area contributed by atoms with Gasteiger partial charge in [0.25, 0.3) is 10.0 Å². The summed E-state index contributed by atoms with van der Waals surface area (Å²) in [6.45, 7) is 1.85. The molecule has 0 unspecified atom stereocenters. The van der Waals surface area contributed by atoms with Crippen molar-refractivity contribution < 1.29 is 22.7 Å². The second-order valence-corrected chi connectivity index (χ2v) is 5.27. The quantitative estimate of drug-likeness (QED) is 0.754. The third-order valence-electron chi connectivity index (χ3n) is 2.39. The molecule has 0 radical (unpaired) electrons. The van der Waals surface area contributed by atoms with Gasteiger partial charge in [-0.1, -0.05) is 6.92 Å². The van der Waals surface area contributed by atoms with Gasteiger partial charge >= 0.3 is 5.97 Å². The Labute approximate surface area is 108 Å². The number of aryl methyl sites for hydroxylation is 1. The Kier molecular flexibility index (Phi) is 3.30. The molecule has 0 aliphatic heterocycles. The van der Waals surface area contributed by atoms with Crippen molar-refractivity contribution in [2.45, 2.75) is 18.4 Å². The molecule has 102 valence electrons. The summed E-state index contributed by atoms with van der Waals surface area (Å²) in [4.78, 5) is 10.6. The van der Waals surface area contributed by atoms with E-state index in [0.29, 0.717) is 12.0 Å². The van der Waals surface area contributed by atoms with Crippen molar-refractivity contribution >= 4 is 21.8 Å². The Morgan fingerprint density at radius 1 is 1.53 bits per heavy atom. The summed E-state index contributed by atoms with van der Waals surface area (Å²) in [6.07, 6.45) is 2.09. The number of furan rings is 1. The van der Waals surface area contributed by atoms with Gasteiger partial charge in [0.15, 0.2) is 0 Å². The molecule has 3 N–H and O–H groups in total. The SMILES string of the molecule is CCc1cn[nH]c1NS(=O)(=O)c1ccc(C(=O)O)o1. The van der Waals surface area contributed by atoms with Crippen LogP contribution in [0.15, 0.2) is 27.8 Å². The number of carboxylic acid groups (broad SMARTS) is 1. The van der Waals surface area contributed by atoms with Crippen LogP contribution in [-0.2, 0) is 16.4 Å². The largest absolute Gasteiger partial charge is 0.475 e. The maximum absolute atomic E-state index is 12.0. The molecular formula is C10H11N3O5S. The predicted molar refractivity (Wildman–Crippen MR) is 64.4 cm³/mol. The van der Waals surface area contributed by atoms with Crippen molar-refractivity contribution in [3.8, 4) is 0 Å². The van der Waals surface area contributed by atoms with Crippen LogP contribution >= 0.6 is 0 Å². The van der Waals surface area contributed by atoms with E-state index >= 15 is 0 Å². The number of hydrogen-bond donors (Lipinski definition) is 3. The molecule has 0 aliphatic rings. The zero-order valence-corrected chi connectivity index (χ0v) is 10.7. The van der Waals surface area contributed by atoms with Crippen molar-refractivity contribution in [2.24, 2.45) is 0 Å². The molecule has 8 nitrogen and oxygen atoms in total. The Morgan fingerprint density at radius 3 is 2.84 bits per heavy atom. The molecule has 0 atom stereocenters. The lowest BCUT2D eigenvalue weighted by atomic mass is 10.3. The molecule has 2 heterocycles. The number of aromatic carboxylic acids is 1. The van der Waals surface area contributed by atoms with Gasteiger partial charge < -0.3 is 9.52 Å². The van der Waals surface area contributed by atoms with Gasteiger partial charge in [-0.2, -0.15) is 13.5 Å². The minimum Gasteiger partial charge on any atom is -0.475 e. The lowest BCUT2D eigenvalue weighted by Gasteiger charge is -2.04. The van der Waals surface area contributed by atoms with Gasteiger partial charge in [0, 0.05) is 5.56 Å². The van der Waals surface area contributed by atoms with Crippen molar-refractivity contribution in [3.05, 3.63) is 29.7 Å². The maximum Gasteiger partial charge on any atom is 0.371 e. The first-order valence-corrected chi connectivity index (χ1v) is 6.80. The number of carbonyl (C=O) groups is 1. The fourth-order valence-corrected chi connectivity index (χ4v) is 2.42. The van der Waals surface area contributed by atoms with Crippen LogP contribution in [0.5, 0.6) is 0 Å². The lowest BCUT2D eigenvalue weighted by Crippen LogP contribution is -2.13. The van der Waals surface area contributed by atoms with Crippen LogP contribution in [0.1, 0.15) is 23.0 Å². The number of H-pyrrole nitrogens is 1. The number of carboxylic acids is 1. The van der Waals surface area contributed by atoms with Gasteiger partial charge in [-0.15, -0.1) is 0 Å². The van der Waals surface area contributed by atoms with Crippen molar-refractivity contribution in [3.63, 3.8) is 0 Å². The number of sulfonamides is 1. The number of aromatic nitrogens is 2. The highest BCUT2D eigenvalue weighted by molar-refractivity contribution is 7.92. The highest BCUT2D eigenvalue weighted by atomic mass is 32.2. The fraction of sp³-hybridized carbons (Fsp3) is 0.200. The minimum atomic E-state index is -3.98. The normalized spacial score (nSPS) is 11.4. The van der Waals surface area contributed by atoms with Crippen LogP contribution < -0.4 is 4.72 Å². The second-order valence-electron chi connectivity index (χ2n) is 3.65.